The van der Waals surface area contributed by atoms with Crippen LogP contribution in [0.15, 0.2) is 35.4 Å². The molecule has 0 atom stereocenters. The first-order chi connectivity index (χ1) is 7.18. The van der Waals surface area contributed by atoms with E-state index in [1.165, 1.54) is 4.57 Å². The van der Waals surface area contributed by atoms with E-state index < -0.39 is 11.4 Å². The Balaban J connectivity index is 2.69. The average Bonchev–Trinajstić information content (AvgIpc) is 2.17. The average molecular weight is 203 g/mol. The van der Waals surface area contributed by atoms with E-state index in [2.05, 4.69) is 9.97 Å². The van der Waals surface area contributed by atoms with Gasteiger partial charge in [-0.3, -0.25) is 4.79 Å². The van der Waals surface area contributed by atoms with Crippen LogP contribution < -0.4 is 15.2 Å². The van der Waals surface area contributed by atoms with E-state index in [-0.39, 0.29) is 5.69 Å². The van der Waals surface area contributed by atoms with Crippen molar-refractivity contribution in [2.24, 2.45) is 0 Å². The van der Waals surface area contributed by atoms with Gasteiger partial charge in [-0.15, -0.1) is 0 Å². The minimum absolute atomic E-state index is 0.0150. The Kier molecular flexibility index (Phi) is 2.21. The van der Waals surface area contributed by atoms with Crippen LogP contribution >= 0.6 is 0 Å². The van der Waals surface area contributed by atoms with Gasteiger partial charge in [0.05, 0.1) is 5.88 Å². The number of nitrogens with zero attached hydrogens (tertiary/aromatic N) is 2. The van der Waals surface area contributed by atoms with Crippen LogP contribution in [0.4, 0.5) is 0 Å². The molecule has 0 radical (unpaired) electrons. The molecule has 0 amide bonds. The Hall–Kier alpha value is -2.17. The summed E-state index contributed by atoms with van der Waals surface area (Å²) < 4.78 is 1.45. The highest BCUT2D eigenvalue weighted by molar-refractivity contribution is 5.28. The van der Waals surface area contributed by atoms with Crippen molar-refractivity contribution in [2.75, 3.05) is 0 Å². The van der Waals surface area contributed by atoms with Gasteiger partial charge in [-0.2, -0.15) is 4.57 Å². The lowest BCUT2D eigenvalue weighted by Gasteiger charge is -2.06. The van der Waals surface area contributed by atoms with Gasteiger partial charge in [0.2, 0.25) is 0 Å². The summed E-state index contributed by atoms with van der Waals surface area (Å²) in [6.45, 7) is 1.57. The van der Waals surface area contributed by atoms with Crippen molar-refractivity contribution >= 4 is 0 Å². The van der Waals surface area contributed by atoms with Crippen molar-refractivity contribution in [1.29, 1.82) is 0 Å². The Labute approximate surface area is 85.7 Å². The van der Waals surface area contributed by atoms with Gasteiger partial charge in [0, 0.05) is 12.1 Å². The second-order valence-electron chi connectivity index (χ2n) is 3.09. The molecule has 2 aromatic heterocycles. The third-order valence-electron chi connectivity index (χ3n) is 1.96. The Morgan fingerprint density at radius 2 is 2.00 bits per heavy atom. The SMILES string of the molecule is Cc1nc([O-])c(-[n+]2ccccc2)c(=O)[nH]1. The first-order valence-corrected chi connectivity index (χ1v) is 4.43. The number of hydrogen-bond donors (Lipinski definition) is 1. The molecule has 0 saturated carbocycles. The second kappa shape index (κ2) is 3.53. The van der Waals surface area contributed by atoms with Gasteiger partial charge in [-0.25, -0.2) is 4.98 Å². The van der Waals surface area contributed by atoms with Gasteiger partial charge in [-0.1, -0.05) is 6.07 Å². The molecule has 76 valence electrons. The van der Waals surface area contributed by atoms with Gasteiger partial charge < -0.3 is 10.1 Å². The largest absolute Gasteiger partial charge is 0.854 e. The van der Waals surface area contributed by atoms with Crippen molar-refractivity contribution in [3.8, 4) is 11.6 Å². The molecule has 0 aliphatic heterocycles. The lowest BCUT2D eigenvalue weighted by Crippen LogP contribution is -2.38. The summed E-state index contributed by atoms with van der Waals surface area (Å²) in [6.07, 6.45) is 3.26. The number of rotatable bonds is 1. The minimum Gasteiger partial charge on any atom is -0.854 e. The van der Waals surface area contributed by atoms with Crippen molar-refractivity contribution < 1.29 is 9.67 Å². The van der Waals surface area contributed by atoms with E-state index in [0.29, 0.717) is 5.82 Å². The molecule has 5 heteroatoms. The van der Waals surface area contributed by atoms with Crippen LogP contribution in [0.25, 0.3) is 5.69 Å². The smallest absolute Gasteiger partial charge is 0.322 e. The quantitative estimate of drug-likeness (QED) is 0.631. The molecule has 5 nitrogen and oxygen atoms in total. The van der Waals surface area contributed by atoms with E-state index in [4.69, 9.17) is 0 Å². The number of aromatic amines is 1. The molecular weight excluding hydrogens is 194 g/mol. The van der Waals surface area contributed by atoms with Gasteiger partial charge in [0.25, 0.3) is 5.69 Å². The number of nitrogens with one attached hydrogen (secondary N) is 1. The monoisotopic (exact) mass is 203 g/mol. The number of H-pyrrole nitrogens is 1. The van der Waals surface area contributed by atoms with Crippen molar-refractivity contribution in [3.63, 3.8) is 0 Å². The molecule has 0 unspecified atom stereocenters. The van der Waals surface area contributed by atoms with E-state index >= 15 is 0 Å². The maximum atomic E-state index is 11.5. The summed E-state index contributed by atoms with van der Waals surface area (Å²) in [7, 11) is 0. The summed E-state index contributed by atoms with van der Waals surface area (Å²) in [4.78, 5) is 17.7. The van der Waals surface area contributed by atoms with Crippen molar-refractivity contribution in [1.82, 2.24) is 9.97 Å². The predicted molar refractivity (Wildman–Crippen MR) is 50.6 cm³/mol. The predicted octanol–water partition coefficient (Wildman–Crippen LogP) is -0.571. The van der Waals surface area contributed by atoms with E-state index in [9.17, 15) is 9.90 Å². The van der Waals surface area contributed by atoms with Crippen LogP contribution in [0.3, 0.4) is 0 Å². The van der Waals surface area contributed by atoms with Crippen LogP contribution in [0.1, 0.15) is 5.82 Å². The number of pyridine rings is 1. The first-order valence-electron chi connectivity index (χ1n) is 4.43. The Morgan fingerprint density at radius 3 is 2.60 bits per heavy atom. The van der Waals surface area contributed by atoms with Crippen LogP contribution in [-0.4, -0.2) is 9.97 Å². The molecule has 0 aliphatic rings. The number of aromatic nitrogens is 3. The number of hydrogen-bond acceptors (Lipinski definition) is 3. The zero-order valence-corrected chi connectivity index (χ0v) is 8.10. The molecule has 0 saturated heterocycles. The van der Waals surface area contributed by atoms with E-state index in [0.717, 1.165) is 0 Å². The molecule has 1 N–H and O–H groups in total. The summed E-state index contributed by atoms with van der Waals surface area (Å²) in [5.74, 6) is -0.197. The Morgan fingerprint density at radius 1 is 1.33 bits per heavy atom. The van der Waals surface area contributed by atoms with Crippen molar-refractivity contribution in [3.05, 3.63) is 46.8 Å². The summed E-state index contributed by atoms with van der Waals surface area (Å²) in [5, 5.41) is 11.5. The van der Waals surface area contributed by atoms with E-state index in [1.807, 2.05) is 0 Å². The number of aryl methyl sites for hydroxylation is 1. The van der Waals surface area contributed by atoms with Gasteiger partial charge in [-0.05, 0) is 6.92 Å². The van der Waals surface area contributed by atoms with Gasteiger partial charge >= 0.3 is 5.56 Å². The Bertz CT molecular complexity index is 534. The maximum Gasteiger partial charge on any atom is 0.322 e. The van der Waals surface area contributed by atoms with Crippen LogP contribution in [0.5, 0.6) is 5.88 Å². The second-order valence-corrected chi connectivity index (χ2v) is 3.09. The van der Waals surface area contributed by atoms with Crippen LogP contribution in [-0.2, 0) is 0 Å². The third-order valence-corrected chi connectivity index (χ3v) is 1.96. The minimum atomic E-state index is -0.521. The highest BCUT2D eigenvalue weighted by atomic mass is 16.3. The van der Waals surface area contributed by atoms with Crippen LogP contribution in [0, 0.1) is 6.92 Å². The molecule has 0 bridgehead atoms. The lowest BCUT2D eigenvalue weighted by molar-refractivity contribution is -0.601. The highest BCUT2D eigenvalue weighted by Gasteiger charge is 2.12. The standard InChI is InChI=1S/C10H9N3O2/c1-7-11-9(14)8(10(15)12-7)13-5-3-2-4-6-13/h2-6H,1H3,(H-,11,12,14,15). The maximum absolute atomic E-state index is 11.5. The highest BCUT2D eigenvalue weighted by Crippen LogP contribution is 2.02. The lowest BCUT2D eigenvalue weighted by atomic mass is 10.4. The zero-order valence-electron chi connectivity index (χ0n) is 8.10. The zero-order chi connectivity index (χ0) is 10.8. The van der Waals surface area contributed by atoms with Gasteiger partial charge in [0.1, 0.15) is 5.82 Å². The van der Waals surface area contributed by atoms with Gasteiger partial charge in [0.15, 0.2) is 12.4 Å². The topological polar surface area (TPSA) is 72.7 Å². The van der Waals surface area contributed by atoms with Crippen LogP contribution in [0.2, 0.25) is 0 Å². The summed E-state index contributed by atoms with van der Waals surface area (Å²) in [5.41, 5.74) is -0.412. The fourth-order valence-corrected chi connectivity index (χ4v) is 1.33. The molecule has 2 rings (SSSR count). The summed E-state index contributed by atoms with van der Waals surface area (Å²) >= 11 is 0. The molecule has 0 spiro atoms. The molecule has 0 aromatic carbocycles. The molecular formula is C10H9N3O2. The fourth-order valence-electron chi connectivity index (χ4n) is 1.33. The molecule has 0 aliphatic carbocycles. The molecule has 2 aromatic rings. The molecule has 2 heterocycles. The molecule has 15 heavy (non-hydrogen) atoms. The first kappa shape index (κ1) is 9.39. The summed E-state index contributed by atoms with van der Waals surface area (Å²) in [6, 6.07) is 5.27. The van der Waals surface area contributed by atoms with E-state index in [1.54, 1.807) is 37.5 Å². The fraction of sp³-hybridized carbons (Fsp3) is 0.100. The normalized spacial score (nSPS) is 10.2. The van der Waals surface area contributed by atoms with Crippen molar-refractivity contribution in [2.45, 2.75) is 6.92 Å². The molecule has 0 fully saturated rings. The third kappa shape index (κ3) is 1.71.